The maximum Gasteiger partial charge on any atom is 0.340 e. The number of rotatable bonds is 0. The number of benzene rings is 1. The van der Waals surface area contributed by atoms with Gasteiger partial charge in [-0.15, -0.1) is 0 Å². The number of ether oxygens (including phenoxy) is 2. The fourth-order valence-corrected chi connectivity index (χ4v) is 1.17. The van der Waals surface area contributed by atoms with Crippen molar-refractivity contribution in [2.45, 2.75) is 6.61 Å². The van der Waals surface area contributed by atoms with E-state index >= 15 is 0 Å². The van der Waals surface area contributed by atoms with E-state index in [0.29, 0.717) is 12.2 Å². The highest BCUT2D eigenvalue weighted by Gasteiger charge is 2.15. The molecule has 0 saturated heterocycles. The second-order valence-electron chi connectivity index (χ2n) is 2.56. The van der Waals surface area contributed by atoms with Gasteiger partial charge in [-0.05, 0) is 11.6 Å². The van der Waals surface area contributed by atoms with E-state index in [4.69, 9.17) is 9.47 Å². The number of esters is 1. The molecule has 0 N–H and O–H groups in total. The molecular weight excluding hydrogens is 156 g/mol. The largest absolute Gasteiger partial charge is 0.435 e. The van der Waals surface area contributed by atoms with Gasteiger partial charge in [-0.2, -0.15) is 0 Å². The molecular formula is C9H8O3. The highest BCUT2D eigenvalue weighted by molar-refractivity contribution is 5.91. The molecule has 3 heteroatoms. The minimum Gasteiger partial charge on any atom is -0.435 e. The predicted molar refractivity (Wildman–Crippen MR) is 41.5 cm³/mol. The molecule has 1 aliphatic rings. The van der Waals surface area contributed by atoms with Gasteiger partial charge in [-0.3, -0.25) is 0 Å². The molecule has 0 atom stereocenters. The Balaban J connectivity index is 2.46. The van der Waals surface area contributed by atoms with Crippen molar-refractivity contribution in [2.24, 2.45) is 0 Å². The van der Waals surface area contributed by atoms with E-state index < -0.39 is 0 Å². The number of cyclic esters (lactones) is 1. The lowest BCUT2D eigenvalue weighted by molar-refractivity contribution is -0.0313. The third-order valence-electron chi connectivity index (χ3n) is 1.77. The lowest BCUT2D eigenvalue weighted by Gasteiger charge is -1.99. The summed E-state index contributed by atoms with van der Waals surface area (Å²) in [6.45, 7) is 0.495. The van der Waals surface area contributed by atoms with Crippen LogP contribution in [0.4, 0.5) is 0 Å². The van der Waals surface area contributed by atoms with Crippen molar-refractivity contribution in [1.29, 1.82) is 0 Å². The van der Waals surface area contributed by atoms with Crippen LogP contribution in [0.5, 0.6) is 0 Å². The molecule has 12 heavy (non-hydrogen) atoms. The molecule has 0 saturated carbocycles. The van der Waals surface area contributed by atoms with E-state index in [1.165, 1.54) is 0 Å². The van der Waals surface area contributed by atoms with Gasteiger partial charge in [0.15, 0.2) is 6.79 Å². The number of hydrogen-bond donors (Lipinski definition) is 0. The molecule has 0 unspecified atom stereocenters. The highest BCUT2D eigenvalue weighted by atomic mass is 16.7. The molecule has 62 valence electrons. The zero-order chi connectivity index (χ0) is 8.39. The fourth-order valence-electron chi connectivity index (χ4n) is 1.17. The molecule has 0 radical (unpaired) electrons. The maximum absolute atomic E-state index is 11.2. The summed E-state index contributed by atoms with van der Waals surface area (Å²) in [6, 6.07) is 7.29. The summed E-state index contributed by atoms with van der Waals surface area (Å²) in [5.41, 5.74) is 1.50. The molecule has 0 aliphatic carbocycles. The molecule has 0 aromatic heterocycles. The van der Waals surface area contributed by atoms with E-state index in [1.54, 1.807) is 6.07 Å². The lowest BCUT2D eigenvalue weighted by atomic mass is 10.1. The Morgan fingerprint density at radius 2 is 2.08 bits per heavy atom. The van der Waals surface area contributed by atoms with Crippen LogP contribution in [0.25, 0.3) is 0 Å². The van der Waals surface area contributed by atoms with E-state index in [0.717, 1.165) is 5.56 Å². The molecule has 3 nitrogen and oxygen atoms in total. The first-order chi connectivity index (χ1) is 5.88. The Labute approximate surface area is 69.9 Å². The van der Waals surface area contributed by atoms with Crippen LogP contribution in [-0.4, -0.2) is 12.8 Å². The minimum atomic E-state index is -0.303. The van der Waals surface area contributed by atoms with Gasteiger partial charge in [-0.25, -0.2) is 4.79 Å². The fraction of sp³-hybridized carbons (Fsp3) is 0.222. The van der Waals surface area contributed by atoms with E-state index in [2.05, 4.69) is 0 Å². The summed E-state index contributed by atoms with van der Waals surface area (Å²) >= 11 is 0. The van der Waals surface area contributed by atoms with Crippen LogP contribution >= 0.6 is 0 Å². The van der Waals surface area contributed by atoms with Crippen molar-refractivity contribution >= 4 is 5.97 Å². The monoisotopic (exact) mass is 164 g/mol. The van der Waals surface area contributed by atoms with Gasteiger partial charge in [0.1, 0.15) is 0 Å². The quantitative estimate of drug-likeness (QED) is 0.542. The SMILES string of the molecule is O=C1OCOCc2ccccc21. The molecule has 1 aromatic carbocycles. The average molecular weight is 164 g/mol. The van der Waals surface area contributed by atoms with Gasteiger partial charge in [-0.1, -0.05) is 18.2 Å². The van der Waals surface area contributed by atoms with Crippen LogP contribution in [0.1, 0.15) is 15.9 Å². The predicted octanol–water partition coefficient (Wildman–Crippen LogP) is 1.33. The molecule has 0 bridgehead atoms. The summed E-state index contributed by atoms with van der Waals surface area (Å²) in [5, 5.41) is 0. The Hall–Kier alpha value is -1.35. The van der Waals surface area contributed by atoms with E-state index in [-0.39, 0.29) is 12.8 Å². The second kappa shape index (κ2) is 2.95. The van der Waals surface area contributed by atoms with Crippen molar-refractivity contribution in [1.82, 2.24) is 0 Å². The molecule has 1 aliphatic heterocycles. The first kappa shape index (κ1) is 7.31. The molecule has 1 heterocycles. The first-order valence-corrected chi connectivity index (χ1v) is 3.71. The normalized spacial score (nSPS) is 16.2. The van der Waals surface area contributed by atoms with Crippen LogP contribution in [0, 0.1) is 0 Å². The van der Waals surface area contributed by atoms with Crippen LogP contribution < -0.4 is 0 Å². The third-order valence-corrected chi connectivity index (χ3v) is 1.77. The van der Waals surface area contributed by atoms with Gasteiger partial charge in [0, 0.05) is 0 Å². The van der Waals surface area contributed by atoms with Crippen LogP contribution in [-0.2, 0) is 16.1 Å². The molecule has 0 spiro atoms. The first-order valence-electron chi connectivity index (χ1n) is 3.71. The summed E-state index contributed by atoms with van der Waals surface area (Å²) in [4.78, 5) is 11.2. The van der Waals surface area contributed by atoms with Crippen LogP contribution in [0.3, 0.4) is 0 Å². The summed E-state index contributed by atoms with van der Waals surface area (Å²) < 4.78 is 9.82. The van der Waals surface area contributed by atoms with Crippen molar-refractivity contribution in [3.8, 4) is 0 Å². The number of hydrogen-bond acceptors (Lipinski definition) is 3. The van der Waals surface area contributed by atoms with Gasteiger partial charge >= 0.3 is 5.97 Å². The van der Waals surface area contributed by atoms with Crippen molar-refractivity contribution in [3.05, 3.63) is 35.4 Å². The zero-order valence-electron chi connectivity index (χ0n) is 6.45. The number of fused-ring (bicyclic) bond motifs is 1. The number of carbonyl (C=O) groups excluding carboxylic acids is 1. The maximum atomic E-state index is 11.2. The smallest absolute Gasteiger partial charge is 0.340 e. The lowest BCUT2D eigenvalue weighted by Crippen LogP contribution is -2.04. The zero-order valence-corrected chi connectivity index (χ0v) is 6.45. The second-order valence-corrected chi connectivity index (χ2v) is 2.56. The van der Waals surface area contributed by atoms with Crippen LogP contribution in [0.15, 0.2) is 24.3 Å². The van der Waals surface area contributed by atoms with Crippen molar-refractivity contribution in [2.75, 3.05) is 6.79 Å². The van der Waals surface area contributed by atoms with Gasteiger partial charge < -0.3 is 9.47 Å². The summed E-state index contributed by atoms with van der Waals surface area (Å²) in [7, 11) is 0. The van der Waals surface area contributed by atoms with Crippen molar-refractivity contribution < 1.29 is 14.3 Å². The van der Waals surface area contributed by atoms with Crippen LogP contribution in [0.2, 0.25) is 0 Å². The summed E-state index contributed by atoms with van der Waals surface area (Å²) in [6.07, 6.45) is 0. The Bertz CT molecular complexity index is 306. The number of carbonyl (C=O) groups is 1. The standard InChI is InChI=1S/C9H8O3/c10-9-8-4-2-1-3-7(8)5-11-6-12-9/h1-4H,5-6H2. The Kier molecular flexibility index (Phi) is 1.80. The minimum absolute atomic E-state index is 0.0491. The van der Waals surface area contributed by atoms with Gasteiger partial charge in [0.05, 0.1) is 12.2 Å². The third kappa shape index (κ3) is 1.19. The summed E-state index contributed by atoms with van der Waals surface area (Å²) in [5.74, 6) is -0.303. The Morgan fingerprint density at radius 1 is 1.25 bits per heavy atom. The van der Waals surface area contributed by atoms with E-state index in [9.17, 15) is 4.79 Å². The van der Waals surface area contributed by atoms with Gasteiger partial charge in [0.2, 0.25) is 0 Å². The highest BCUT2D eigenvalue weighted by Crippen LogP contribution is 2.14. The van der Waals surface area contributed by atoms with E-state index in [1.807, 2.05) is 18.2 Å². The molecule has 1 aromatic rings. The van der Waals surface area contributed by atoms with Gasteiger partial charge in [0.25, 0.3) is 0 Å². The molecule has 0 amide bonds. The topological polar surface area (TPSA) is 35.5 Å². The molecule has 0 fully saturated rings. The van der Waals surface area contributed by atoms with Crippen molar-refractivity contribution in [3.63, 3.8) is 0 Å². The molecule has 2 rings (SSSR count). The average Bonchev–Trinajstić information content (AvgIpc) is 2.29. The Morgan fingerprint density at radius 3 is 3.00 bits per heavy atom.